The van der Waals surface area contributed by atoms with Gasteiger partial charge in [-0.15, -0.1) is 0 Å². The van der Waals surface area contributed by atoms with E-state index in [-0.39, 0.29) is 5.78 Å². The zero-order valence-electron chi connectivity index (χ0n) is 12.3. The van der Waals surface area contributed by atoms with Crippen LogP contribution >= 0.6 is 15.9 Å². The third kappa shape index (κ3) is 2.45. The molecule has 0 aliphatic heterocycles. The van der Waals surface area contributed by atoms with Crippen molar-refractivity contribution in [2.24, 2.45) is 0 Å². The molecule has 0 radical (unpaired) electrons. The number of fused-ring (bicyclic) bond motifs is 3. The van der Waals surface area contributed by atoms with Gasteiger partial charge in [0.2, 0.25) is 0 Å². The lowest BCUT2D eigenvalue weighted by atomic mass is 9.81. The van der Waals surface area contributed by atoms with E-state index < -0.39 is 0 Å². The smallest absolute Gasteiger partial charge is 0.194 e. The second-order valence-electron chi connectivity index (χ2n) is 5.53. The van der Waals surface area contributed by atoms with Crippen LogP contribution in [0.25, 0.3) is 22.8 Å². The molecule has 4 rings (SSSR count). The minimum atomic E-state index is 0.0854. The van der Waals surface area contributed by atoms with E-state index in [0.29, 0.717) is 0 Å². The van der Waals surface area contributed by atoms with Crippen molar-refractivity contribution in [3.05, 3.63) is 94.0 Å². The Kier molecular flexibility index (Phi) is 3.47. The summed E-state index contributed by atoms with van der Waals surface area (Å²) >= 11 is 3.44. The van der Waals surface area contributed by atoms with Gasteiger partial charge in [-0.3, -0.25) is 4.79 Å². The Labute approximate surface area is 143 Å². The molecular formula is C21H13BrO. The van der Waals surface area contributed by atoms with Crippen LogP contribution in [0.4, 0.5) is 0 Å². The lowest BCUT2D eigenvalue weighted by Crippen LogP contribution is -2.11. The van der Waals surface area contributed by atoms with Crippen LogP contribution in [0.1, 0.15) is 21.5 Å². The fraction of sp³-hybridized carbons (Fsp3) is 0. The number of carbonyl (C=O) groups excluding carboxylic acids is 1. The van der Waals surface area contributed by atoms with Crippen LogP contribution in [-0.2, 0) is 0 Å². The first kappa shape index (κ1) is 14.2. The van der Waals surface area contributed by atoms with E-state index in [4.69, 9.17) is 0 Å². The molecule has 0 N–H and O–H groups in total. The molecule has 3 aromatic rings. The molecule has 1 aliphatic carbocycles. The normalized spacial score (nSPS) is 14.5. The molecule has 2 heteroatoms. The molecule has 1 nitrogen and oxygen atoms in total. The van der Waals surface area contributed by atoms with Crippen molar-refractivity contribution in [3.63, 3.8) is 0 Å². The molecule has 0 amide bonds. The van der Waals surface area contributed by atoms with Gasteiger partial charge >= 0.3 is 0 Å². The van der Waals surface area contributed by atoms with E-state index in [1.165, 1.54) is 0 Å². The quantitative estimate of drug-likeness (QED) is 0.497. The molecule has 1 aliphatic rings. The molecule has 0 saturated carbocycles. The molecule has 0 spiro atoms. The molecule has 0 atom stereocenters. The Hall–Kier alpha value is -2.45. The lowest BCUT2D eigenvalue weighted by Gasteiger charge is -2.21. The Balaban J connectivity index is 1.95. The topological polar surface area (TPSA) is 17.1 Å². The Morgan fingerprint density at radius 3 is 1.83 bits per heavy atom. The van der Waals surface area contributed by atoms with Crippen LogP contribution in [0.15, 0.2) is 77.3 Å². The second kappa shape index (κ2) is 5.64. The molecular weight excluding hydrogens is 348 g/mol. The summed E-state index contributed by atoms with van der Waals surface area (Å²) in [5.41, 5.74) is 5.67. The van der Waals surface area contributed by atoms with Crippen molar-refractivity contribution in [3.8, 4) is 11.1 Å². The maximum Gasteiger partial charge on any atom is 0.194 e. The summed E-state index contributed by atoms with van der Waals surface area (Å²) in [5, 5.41) is 0. The van der Waals surface area contributed by atoms with Gasteiger partial charge in [-0.1, -0.05) is 76.6 Å². The summed E-state index contributed by atoms with van der Waals surface area (Å²) < 4.78 is 1.03. The van der Waals surface area contributed by atoms with E-state index in [2.05, 4.69) is 22.0 Å². The van der Waals surface area contributed by atoms with Gasteiger partial charge in [0, 0.05) is 15.6 Å². The van der Waals surface area contributed by atoms with E-state index in [9.17, 15) is 4.79 Å². The molecule has 0 aromatic heterocycles. The predicted octanol–water partition coefficient (Wildman–Crippen LogP) is 5.85. The third-order valence-electron chi connectivity index (χ3n) is 4.10. The van der Waals surface area contributed by atoms with Crippen molar-refractivity contribution < 1.29 is 4.79 Å². The van der Waals surface area contributed by atoms with Gasteiger partial charge in [0.25, 0.3) is 0 Å². The Morgan fingerprint density at radius 1 is 0.652 bits per heavy atom. The monoisotopic (exact) mass is 360 g/mol. The standard InChI is InChI=1S/C21H13BrO/c22-15-11-9-14(10-12-15)13-20-18-7-2-1-5-16(18)17-6-3-4-8-19(17)21(20)23/h1-13H/b20-13+. The van der Waals surface area contributed by atoms with Crippen LogP contribution in [0, 0.1) is 0 Å². The van der Waals surface area contributed by atoms with E-state index >= 15 is 0 Å². The minimum absolute atomic E-state index is 0.0854. The molecule has 0 heterocycles. The number of hydrogen-bond donors (Lipinski definition) is 0. The second-order valence-corrected chi connectivity index (χ2v) is 6.45. The molecule has 0 unspecified atom stereocenters. The molecule has 110 valence electrons. The van der Waals surface area contributed by atoms with E-state index in [1.807, 2.05) is 72.8 Å². The number of carbonyl (C=O) groups is 1. The fourth-order valence-electron chi connectivity index (χ4n) is 3.01. The summed E-state index contributed by atoms with van der Waals surface area (Å²) in [6.07, 6.45) is 1.98. The number of hydrogen-bond acceptors (Lipinski definition) is 1. The van der Waals surface area contributed by atoms with Gasteiger partial charge in [0.15, 0.2) is 5.78 Å². The summed E-state index contributed by atoms with van der Waals surface area (Å²) in [5.74, 6) is 0.0854. The number of halogens is 1. The Morgan fingerprint density at radius 2 is 1.17 bits per heavy atom. The predicted molar refractivity (Wildman–Crippen MR) is 98.2 cm³/mol. The highest BCUT2D eigenvalue weighted by molar-refractivity contribution is 9.10. The average molecular weight is 361 g/mol. The SMILES string of the molecule is O=C1/C(=C/c2ccc(Br)cc2)c2ccccc2-c2ccccc21. The van der Waals surface area contributed by atoms with Crippen molar-refractivity contribution in [1.82, 2.24) is 0 Å². The number of allylic oxidation sites excluding steroid dienone is 1. The zero-order valence-corrected chi connectivity index (χ0v) is 13.9. The van der Waals surface area contributed by atoms with E-state index in [1.54, 1.807) is 0 Å². The van der Waals surface area contributed by atoms with Crippen LogP contribution < -0.4 is 0 Å². The van der Waals surface area contributed by atoms with Crippen molar-refractivity contribution in [1.29, 1.82) is 0 Å². The van der Waals surface area contributed by atoms with Gasteiger partial charge in [0.1, 0.15) is 0 Å². The molecule has 3 aromatic carbocycles. The average Bonchev–Trinajstić information content (AvgIpc) is 2.60. The van der Waals surface area contributed by atoms with Crippen molar-refractivity contribution >= 4 is 33.4 Å². The fourth-order valence-corrected chi connectivity index (χ4v) is 3.27. The summed E-state index contributed by atoms with van der Waals surface area (Å²) in [6.45, 7) is 0. The zero-order chi connectivity index (χ0) is 15.8. The highest BCUT2D eigenvalue weighted by atomic mass is 79.9. The number of Topliss-reactive ketones (excluding diaryl/α,β-unsaturated/α-hetero) is 1. The number of benzene rings is 3. The summed E-state index contributed by atoms with van der Waals surface area (Å²) in [7, 11) is 0. The highest BCUT2D eigenvalue weighted by Crippen LogP contribution is 2.39. The maximum atomic E-state index is 13.0. The highest BCUT2D eigenvalue weighted by Gasteiger charge is 2.26. The first-order valence-corrected chi connectivity index (χ1v) is 8.24. The van der Waals surface area contributed by atoms with Crippen molar-refractivity contribution in [2.45, 2.75) is 0 Å². The van der Waals surface area contributed by atoms with Gasteiger partial charge in [-0.05, 0) is 40.5 Å². The third-order valence-corrected chi connectivity index (χ3v) is 4.63. The summed E-state index contributed by atoms with van der Waals surface area (Å²) in [6, 6.07) is 23.9. The van der Waals surface area contributed by atoms with Crippen LogP contribution in [0.3, 0.4) is 0 Å². The van der Waals surface area contributed by atoms with Crippen LogP contribution in [0.2, 0.25) is 0 Å². The molecule has 0 fully saturated rings. The van der Waals surface area contributed by atoms with Gasteiger partial charge in [0.05, 0.1) is 0 Å². The number of rotatable bonds is 1. The van der Waals surface area contributed by atoms with Crippen LogP contribution in [-0.4, -0.2) is 5.78 Å². The first-order chi connectivity index (χ1) is 11.2. The minimum Gasteiger partial charge on any atom is -0.289 e. The van der Waals surface area contributed by atoms with Gasteiger partial charge in [-0.25, -0.2) is 0 Å². The maximum absolute atomic E-state index is 13.0. The van der Waals surface area contributed by atoms with Gasteiger partial charge < -0.3 is 0 Å². The van der Waals surface area contributed by atoms with E-state index in [0.717, 1.165) is 37.9 Å². The molecule has 0 saturated heterocycles. The summed E-state index contributed by atoms with van der Waals surface area (Å²) in [4.78, 5) is 13.0. The molecule has 0 bridgehead atoms. The van der Waals surface area contributed by atoms with Crippen LogP contribution in [0.5, 0.6) is 0 Å². The Bertz CT molecular complexity index is 936. The largest absolute Gasteiger partial charge is 0.289 e. The number of ketones is 1. The lowest BCUT2D eigenvalue weighted by molar-refractivity contribution is 0.105. The van der Waals surface area contributed by atoms with Gasteiger partial charge in [-0.2, -0.15) is 0 Å². The first-order valence-electron chi connectivity index (χ1n) is 7.45. The van der Waals surface area contributed by atoms with Crippen molar-refractivity contribution in [2.75, 3.05) is 0 Å². The molecule has 23 heavy (non-hydrogen) atoms.